The Hall–Kier alpha value is -1.49. The lowest BCUT2D eigenvalue weighted by atomic mass is 10.2. The molecule has 0 unspecified atom stereocenters. The van der Waals surface area contributed by atoms with Crippen LogP contribution in [0.4, 0.5) is 5.69 Å². The Labute approximate surface area is 121 Å². The first-order chi connectivity index (χ1) is 9.42. The van der Waals surface area contributed by atoms with Gasteiger partial charge in [0, 0.05) is 12.7 Å². The molecule has 114 valence electrons. The summed E-state index contributed by atoms with van der Waals surface area (Å²) >= 11 is 0. The molecule has 0 aliphatic rings. The first-order valence-electron chi connectivity index (χ1n) is 7.08. The maximum absolute atomic E-state index is 5.84. The zero-order valence-corrected chi connectivity index (χ0v) is 12.9. The zero-order chi connectivity index (χ0) is 15.0. The van der Waals surface area contributed by atoms with Crippen LogP contribution in [-0.4, -0.2) is 30.4 Å². The van der Waals surface area contributed by atoms with Crippen molar-refractivity contribution < 1.29 is 14.2 Å². The number of aromatic nitrogens is 1. The van der Waals surface area contributed by atoms with Crippen LogP contribution < -0.4 is 15.2 Å². The summed E-state index contributed by atoms with van der Waals surface area (Å²) in [5.41, 5.74) is 6.00. The van der Waals surface area contributed by atoms with Crippen molar-refractivity contribution in [2.24, 2.45) is 0 Å². The number of rotatable bonds is 8. The minimum absolute atomic E-state index is 0.344. The van der Waals surface area contributed by atoms with Crippen LogP contribution in [0.3, 0.4) is 0 Å². The molecule has 1 heterocycles. The number of hydrogen-bond donors (Lipinski definition) is 1. The highest BCUT2D eigenvalue weighted by molar-refractivity contribution is 5.49. The Kier molecular flexibility index (Phi) is 6.58. The van der Waals surface area contributed by atoms with E-state index in [0.29, 0.717) is 30.7 Å². The van der Waals surface area contributed by atoms with Gasteiger partial charge in [0.1, 0.15) is 12.2 Å². The molecule has 5 heteroatoms. The van der Waals surface area contributed by atoms with Gasteiger partial charge in [-0.2, -0.15) is 4.98 Å². The molecule has 1 rings (SSSR count). The molecule has 0 fully saturated rings. The summed E-state index contributed by atoms with van der Waals surface area (Å²) in [6.45, 7) is 9.77. The third-order valence-corrected chi connectivity index (χ3v) is 2.39. The standard InChI is InChI=1S/C15H26N2O3/c1-5-6-9-18-10-11-19-13-8-7-12(16)14(17-13)20-15(2,3)4/h7-8H,5-6,9-11,16H2,1-4H3. The molecule has 0 atom stereocenters. The molecule has 0 aliphatic heterocycles. The highest BCUT2D eigenvalue weighted by Gasteiger charge is 2.15. The van der Waals surface area contributed by atoms with Gasteiger partial charge in [-0.1, -0.05) is 13.3 Å². The second-order valence-corrected chi connectivity index (χ2v) is 5.57. The van der Waals surface area contributed by atoms with Crippen LogP contribution in [0.5, 0.6) is 11.8 Å². The van der Waals surface area contributed by atoms with E-state index in [1.807, 2.05) is 20.8 Å². The minimum Gasteiger partial charge on any atom is -0.475 e. The number of nitrogens with two attached hydrogens (primary N) is 1. The molecule has 0 spiro atoms. The van der Waals surface area contributed by atoms with E-state index in [2.05, 4.69) is 11.9 Å². The number of hydrogen-bond acceptors (Lipinski definition) is 5. The molecule has 0 radical (unpaired) electrons. The van der Waals surface area contributed by atoms with Gasteiger partial charge in [0.05, 0.1) is 12.3 Å². The molecule has 0 amide bonds. The second-order valence-electron chi connectivity index (χ2n) is 5.57. The van der Waals surface area contributed by atoms with Crippen molar-refractivity contribution in [3.05, 3.63) is 12.1 Å². The van der Waals surface area contributed by atoms with Crippen molar-refractivity contribution >= 4 is 5.69 Å². The van der Waals surface area contributed by atoms with Crippen molar-refractivity contribution in [2.45, 2.75) is 46.1 Å². The van der Waals surface area contributed by atoms with Crippen LogP contribution in [-0.2, 0) is 4.74 Å². The quantitative estimate of drug-likeness (QED) is 0.742. The summed E-state index contributed by atoms with van der Waals surface area (Å²) < 4.78 is 16.6. The van der Waals surface area contributed by atoms with Gasteiger partial charge in [-0.05, 0) is 33.3 Å². The molecule has 0 saturated heterocycles. The third-order valence-electron chi connectivity index (χ3n) is 2.39. The Bertz CT molecular complexity index is 403. The monoisotopic (exact) mass is 282 g/mol. The summed E-state index contributed by atoms with van der Waals surface area (Å²) in [5, 5.41) is 0. The van der Waals surface area contributed by atoms with Gasteiger partial charge >= 0.3 is 0 Å². The van der Waals surface area contributed by atoms with Crippen LogP contribution in [0, 0.1) is 0 Å². The summed E-state index contributed by atoms with van der Waals surface area (Å²) in [6.07, 6.45) is 2.21. The van der Waals surface area contributed by atoms with Crippen LogP contribution in [0.15, 0.2) is 12.1 Å². The molecule has 0 saturated carbocycles. The lowest BCUT2D eigenvalue weighted by Crippen LogP contribution is -2.24. The van der Waals surface area contributed by atoms with E-state index in [1.54, 1.807) is 12.1 Å². The lowest BCUT2D eigenvalue weighted by Gasteiger charge is -2.21. The highest BCUT2D eigenvalue weighted by atomic mass is 16.5. The van der Waals surface area contributed by atoms with Gasteiger partial charge in [-0.25, -0.2) is 0 Å². The topological polar surface area (TPSA) is 66.6 Å². The lowest BCUT2D eigenvalue weighted by molar-refractivity contribution is 0.0944. The predicted octanol–water partition coefficient (Wildman–Crippen LogP) is 3.04. The fourth-order valence-corrected chi connectivity index (χ4v) is 1.44. The van der Waals surface area contributed by atoms with Gasteiger partial charge < -0.3 is 19.9 Å². The van der Waals surface area contributed by atoms with Crippen LogP contribution in [0.25, 0.3) is 0 Å². The van der Waals surface area contributed by atoms with Crippen molar-refractivity contribution in [1.29, 1.82) is 0 Å². The molecule has 0 aliphatic carbocycles. The summed E-state index contributed by atoms with van der Waals surface area (Å²) in [4.78, 5) is 4.27. The van der Waals surface area contributed by atoms with Gasteiger partial charge in [0.2, 0.25) is 11.8 Å². The number of anilines is 1. The highest BCUT2D eigenvalue weighted by Crippen LogP contribution is 2.25. The van der Waals surface area contributed by atoms with E-state index in [-0.39, 0.29) is 5.60 Å². The summed E-state index contributed by atoms with van der Waals surface area (Å²) in [7, 11) is 0. The maximum atomic E-state index is 5.84. The molecule has 0 bridgehead atoms. The van der Waals surface area contributed by atoms with Crippen LogP contribution >= 0.6 is 0 Å². The zero-order valence-electron chi connectivity index (χ0n) is 12.9. The van der Waals surface area contributed by atoms with Crippen molar-refractivity contribution in [2.75, 3.05) is 25.6 Å². The predicted molar refractivity (Wildman–Crippen MR) is 80.3 cm³/mol. The third kappa shape index (κ3) is 6.61. The molecular formula is C15H26N2O3. The Morgan fingerprint density at radius 3 is 2.55 bits per heavy atom. The van der Waals surface area contributed by atoms with Crippen molar-refractivity contribution in [1.82, 2.24) is 4.98 Å². The smallest absolute Gasteiger partial charge is 0.241 e. The first kappa shape index (κ1) is 16.6. The summed E-state index contributed by atoms with van der Waals surface area (Å²) in [5.74, 6) is 0.902. The largest absolute Gasteiger partial charge is 0.475 e. The molecule has 1 aromatic rings. The van der Waals surface area contributed by atoms with E-state index in [4.69, 9.17) is 19.9 Å². The Morgan fingerprint density at radius 1 is 1.15 bits per heavy atom. The van der Waals surface area contributed by atoms with Crippen LogP contribution in [0.1, 0.15) is 40.5 Å². The molecule has 1 aromatic heterocycles. The number of nitrogens with zero attached hydrogens (tertiary/aromatic N) is 1. The van der Waals surface area contributed by atoms with Crippen LogP contribution in [0.2, 0.25) is 0 Å². The fourth-order valence-electron chi connectivity index (χ4n) is 1.44. The first-order valence-corrected chi connectivity index (χ1v) is 7.08. The van der Waals surface area contributed by atoms with E-state index >= 15 is 0 Å². The van der Waals surface area contributed by atoms with E-state index in [9.17, 15) is 0 Å². The normalized spacial score (nSPS) is 11.4. The number of nitrogen functional groups attached to an aromatic ring is 1. The Morgan fingerprint density at radius 2 is 1.90 bits per heavy atom. The second kappa shape index (κ2) is 7.94. The van der Waals surface area contributed by atoms with Gasteiger partial charge in [-0.3, -0.25) is 0 Å². The number of unbranched alkanes of at least 4 members (excludes halogenated alkanes) is 1. The molecule has 5 nitrogen and oxygen atoms in total. The number of pyridine rings is 1. The molecule has 20 heavy (non-hydrogen) atoms. The van der Waals surface area contributed by atoms with E-state index in [1.165, 1.54) is 0 Å². The maximum Gasteiger partial charge on any atom is 0.241 e. The summed E-state index contributed by atoms with van der Waals surface area (Å²) in [6, 6.07) is 3.47. The average Bonchev–Trinajstić information content (AvgIpc) is 2.35. The average molecular weight is 282 g/mol. The van der Waals surface area contributed by atoms with Gasteiger partial charge in [0.15, 0.2) is 0 Å². The van der Waals surface area contributed by atoms with E-state index in [0.717, 1.165) is 19.4 Å². The minimum atomic E-state index is -0.344. The van der Waals surface area contributed by atoms with E-state index < -0.39 is 0 Å². The fraction of sp³-hybridized carbons (Fsp3) is 0.667. The molecular weight excluding hydrogens is 256 g/mol. The van der Waals surface area contributed by atoms with Crippen molar-refractivity contribution in [3.8, 4) is 11.8 Å². The van der Waals surface area contributed by atoms with Crippen molar-refractivity contribution in [3.63, 3.8) is 0 Å². The molecule has 2 N–H and O–H groups in total. The SMILES string of the molecule is CCCCOCCOc1ccc(N)c(OC(C)(C)C)n1. The molecule has 0 aromatic carbocycles. The van der Waals surface area contributed by atoms with Gasteiger partial charge in [0.25, 0.3) is 0 Å². The Balaban J connectivity index is 2.45. The number of ether oxygens (including phenoxy) is 3. The van der Waals surface area contributed by atoms with Gasteiger partial charge in [-0.15, -0.1) is 0 Å².